The Labute approximate surface area is 147 Å². The van der Waals surface area contributed by atoms with Gasteiger partial charge in [-0.25, -0.2) is 9.78 Å². The normalized spacial score (nSPS) is 20.4. The molecule has 8 heteroatoms. The third-order valence-electron chi connectivity index (χ3n) is 4.62. The average Bonchev–Trinajstić information content (AvgIpc) is 3.05. The molecular weight excluding hydrogens is 349 g/mol. The summed E-state index contributed by atoms with van der Waals surface area (Å²) in [4.78, 5) is 16.9. The summed E-state index contributed by atoms with van der Waals surface area (Å²) in [5.74, 6) is -0.592. The maximum Gasteiger partial charge on any atom is 0.416 e. The fourth-order valence-electron chi connectivity index (χ4n) is 3.24. The number of aliphatic hydroxyl groups excluding tert-OH is 1. The van der Waals surface area contributed by atoms with Gasteiger partial charge in [-0.1, -0.05) is 12.1 Å². The molecule has 2 atom stereocenters. The number of hydrogen-bond donors (Lipinski definition) is 2. The zero-order chi connectivity index (χ0) is 18.9. The van der Waals surface area contributed by atoms with Crippen LogP contribution in [0, 0.1) is 0 Å². The molecule has 1 aliphatic heterocycles. The number of aliphatic hydroxyl groups is 1. The van der Waals surface area contributed by atoms with Gasteiger partial charge in [-0.15, -0.1) is 0 Å². The van der Waals surface area contributed by atoms with Crippen LogP contribution in [-0.2, 0) is 6.18 Å². The summed E-state index contributed by atoms with van der Waals surface area (Å²) in [7, 11) is 0. The van der Waals surface area contributed by atoms with Gasteiger partial charge >= 0.3 is 12.1 Å². The maximum atomic E-state index is 12.7. The van der Waals surface area contributed by atoms with E-state index in [2.05, 4.69) is 4.98 Å². The number of alkyl halides is 3. The van der Waals surface area contributed by atoms with Gasteiger partial charge in [0.25, 0.3) is 0 Å². The van der Waals surface area contributed by atoms with Gasteiger partial charge in [0.05, 0.1) is 23.8 Å². The summed E-state index contributed by atoms with van der Waals surface area (Å²) in [6.07, 6.45) is -2.55. The number of aromatic nitrogens is 1. The second-order valence-corrected chi connectivity index (χ2v) is 6.25. The van der Waals surface area contributed by atoms with E-state index < -0.39 is 17.7 Å². The van der Waals surface area contributed by atoms with Crippen LogP contribution >= 0.6 is 0 Å². The zero-order valence-corrected chi connectivity index (χ0v) is 13.6. The topological polar surface area (TPSA) is 73.7 Å². The Morgan fingerprint density at radius 2 is 1.88 bits per heavy atom. The third kappa shape index (κ3) is 3.65. The standard InChI is InChI=1S/C18H17F3N2O3/c19-18(20,21)14-4-1-11(2-5-14)13-7-15(10-24)23(9-13)16-6-3-12(8-22-16)17(25)26/h1-6,8,13,15,24H,7,9-10H2,(H,25,26)/t13?,15-/m0/s1. The number of carbonyl (C=O) groups is 1. The van der Waals surface area contributed by atoms with Crippen molar-refractivity contribution < 1.29 is 28.2 Å². The number of halogens is 3. The summed E-state index contributed by atoms with van der Waals surface area (Å²) in [6, 6.07) is 7.83. The van der Waals surface area contributed by atoms with Gasteiger partial charge in [-0.05, 0) is 36.2 Å². The molecule has 0 amide bonds. The van der Waals surface area contributed by atoms with E-state index in [1.807, 2.05) is 4.90 Å². The Kier molecular flexibility index (Phi) is 4.86. The lowest BCUT2D eigenvalue weighted by Gasteiger charge is -2.24. The number of nitrogens with zero attached hydrogens (tertiary/aromatic N) is 2. The second-order valence-electron chi connectivity index (χ2n) is 6.25. The van der Waals surface area contributed by atoms with Gasteiger partial charge in [0, 0.05) is 18.7 Å². The molecule has 2 heterocycles. The first-order valence-electron chi connectivity index (χ1n) is 8.03. The molecule has 1 aromatic carbocycles. The van der Waals surface area contributed by atoms with E-state index in [9.17, 15) is 23.1 Å². The van der Waals surface area contributed by atoms with Crippen LogP contribution in [-0.4, -0.2) is 40.4 Å². The highest BCUT2D eigenvalue weighted by atomic mass is 19.4. The van der Waals surface area contributed by atoms with E-state index >= 15 is 0 Å². The minimum absolute atomic E-state index is 0.0459. The summed E-state index contributed by atoms with van der Waals surface area (Å²) >= 11 is 0. The zero-order valence-electron chi connectivity index (χ0n) is 13.6. The highest BCUT2D eigenvalue weighted by Gasteiger charge is 2.34. The molecule has 1 saturated heterocycles. The monoisotopic (exact) mass is 366 g/mol. The number of aromatic carboxylic acids is 1. The van der Waals surface area contributed by atoms with Gasteiger partial charge in [-0.3, -0.25) is 0 Å². The number of carboxylic acids is 1. The summed E-state index contributed by atoms with van der Waals surface area (Å²) < 4.78 is 38.1. The lowest BCUT2D eigenvalue weighted by Crippen LogP contribution is -2.32. The number of benzene rings is 1. The number of rotatable bonds is 4. The number of hydrogen-bond acceptors (Lipinski definition) is 4. The fourth-order valence-corrected chi connectivity index (χ4v) is 3.24. The van der Waals surface area contributed by atoms with Crippen molar-refractivity contribution in [2.24, 2.45) is 0 Å². The van der Waals surface area contributed by atoms with Crippen LogP contribution < -0.4 is 4.90 Å². The predicted molar refractivity (Wildman–Crippen MR) is 88.2 cm³/mol. The van der Waals surface area contributed by atoms with Gasteiger partial charge in [0.15, 0.2) is 0 Å². The van der Waals surface area contributed by atoms with Crippen molar-refractivity contribution in [3.05, 3.63) is 59.3 Å². The summed E-state index contributed by atoms with van der Waals surface area (Å²) in [5.41, 5.74) is 0.134. The van der Waals surface area contributed by atoms with Gasteiger partial charge in [0.1, 0.15) is 5.82 Å². The van der Waals surface area contributed by atoms with E-state index in [0.29, 0.717) is 18.8 Å². The molecule has 0 bridgehead atoms. The van der Waals surface area contributed by atoms with Gasteiger partial charge in [-0.2, -0.15) is 13.2 Å². The molecule has 2 N–H and O–H groups in total. The maximum absolute atomic E-state index is 12.7. The van der Waals surface area contributed by atoms with E-state index in [4.69, 9.17) is 5.11 Å². The van der Waals surface area contributed by atoms with E-state index in [0.717, 1.165) is 17.7 Å². The first-order chi connectivity index (χ1) is 12.3. The van der Waals surface area contributed by atoms with Crippen LogP contribution in [0.4, 0.5) is 19.0 Å². The fraction of sp³-hybridized carbons (Fsp3) is 0.333. The molecule has 138 valence electrons. The van der Waals surface area contributed by atoms with Crippen molar-refractivity contribution in [1.29, 1.82) is 0 Å². The minimum atomic E-state index is -4.37. The van der Waals surface area contributed by atoms with Crippen molar-refractivity contribution >= 4 is 11.8 Å². The van der Waals surface area contributed by atoms with E-state index in [1.54, 1.807) is 6.07 Å². The smallest absolute Gasteiger partial charge is 0.416 e. The van der Waals surface area contributed by atoms with Gasteiger partial charge in [0.2, 0.25) is 0 Å². The third-order valence-corrected chi connectivity index (χ3v) is 4.62. The highest BCUT2D eigenvalue weighted by Crippen LogP contribution is 2.36. The quantitative estimate of drug-likeness (QED) is 0.870. The first-order valence-corrected chi connectivity index (χ1v) is 8.03. The van der Waals surface area contributed by atoms with Gasteiger partial charge < -0.3 is 15.1 Å². The van der Waals surface area contributed by atoms with Crippen molar-refractivity contribution in [1.82, 2.24) is 4.98 Å². The number of carboxylic acid groups (broad SMARTS) is 1. The van der Waals surface area contributed by atoms with Crippen LogP contribution in [0.2, 0.25) is 0 Å². The molecule has 0 spiro atoms. The average molecular weight is 366 g/mol. The van der Waals surface area contributed by atoms with Crippen LogP contribution in [0.1, 0.15) is 33.8 Å². The SMILES string of the molecule is O=C(O)c1ccc(N2CC(c3ccc(C(F)(F)F)cc3)C[C@H]2CO)nc1. The lowest BCUT2D eigenvalue weighted by atomic mass is 9.95. The lowest BCUT2D eigenvalue weighted by molar-refractivity contribution is -0.137. The minimum Gasteiger partial charge on any atom is -0.478 e. The largest absolute Gasteiger partial charge is 0.478 e. The van der Waals surface area contributed by atoms with Crippen molar-refractivity contribution in [3.8, 4) is 0 Å². The van der Waals surface area contributed by atoms with E-state index in [1.165, 1.54) is 24.4 Å². The Morgan fingerprint density at radius 3 is 2.38 bits per heavy atom. The van der Waals surface area contributed by atoms with Crippen LogP contribution in [0.5, 0.6) is 0 Å². The summed E-state index contributed by atoms with van der Waals surface area (Å²) in [6.45, 7) is 0.357. The molecule has 0 saturated carbocycles. The molecule has 1 fully saturated rings. The van der Waals surface area contributed by atoms with Crippen molar-refractivity contribution in [2.75, 3.05) is 18.1 Å². The van der Waals surface area contributed by atoms with Crippen LogP contribution in [0.3, 0.4) is 0 Å². The molecule has 0 radical (unpaired) electrons. The van der Waals surface area contributed by atoms with Crippen LogP contribution in [0.25, 0.3) is 0 Å². The van der Waals surface area contributed by atoms with Crippen LogP contribution in [0.15, 0.2) is 42.6 Å². The Balaban J connectivity index is 1.79. The molecule has 0 aliphatic carbocycles. The Bertz CT molecular complexity index is 776. The number of anilines is 1. The molecule has 2 aromatic rings. The Morgan fingerprint density at radius 1 is 1.19 bits per heavy atom. The molecule has 1 aliphatic rings. The molecule has 5 nitrogen and oxygen atoms in total. The highest BCUT2D eigenvalue weighted by molar-refractivity contribution is 5.87. The van der Waals surface area contributed by atoms with Crippen molar-refractivity contribution in [3.63, 3.8) is 0 Å². The molecular formula is C18H17F3N2O3. The Hall–Kier alpha value is -2.61. The molecule has 3 rings (SSSR count). The first kappa shape index (κ1) is 18.2. The number of pyridine rings is 1. The predicted octanol–water partition coefficient (Wildman–Crippen LogP) is 3.15. The molecule has 1 unspecified atom stereocenters. The molecule has 1 aromatic heterocycles. The van der Waals surface area contributed by atoms with Crippen molar-refractivity contribution in [2.45, 2.75) is 24.6 Å². The van der Waals surface area contributed by atoms with E-state index in [-0.39, 0.29) is 24.1 Å². The summed E-state index contributed by atoms with van der Waals surface area (Å²) in [5, 5.41) is 18.6. The molecule has 26 heavy (non-hydrogen) atoms. The second kappa shape index (κ2) is 6.95.